The molecule has 0 aliphatic heterocycles. The smallest absolute Gasteiger partial charge is 0.144 e. The van der Waals surface area contributed by atoms with Crippen LogP contribution in [0.2, 0.25) is 0 Å². The predicted molar refractivity (Wildman–Crippen MR) is 68.8 cm³/mol. The van der Waals surface area contributed by atoms with Crippen LogP contribution in [0.5, 0.6) is 0 Å². The van der Waals surface area contributed by atoms with Crippen LogP contribution in [0.1, 0.15) is 25.4 Å². The van der Waals surface area contributed by atoms with Gasteiger partial charge < -0.3 is 10.1 Å². The number of nitrogens with zero attached hydrogens (tertiary/aromatic N) is 2. The number of hydrogen-bond donors (Lipinski definition) is 1. The molecule has 0 spiro atoms. The second-order valence-electron chi connectivity index (χ2n) is 3.67. The Morgan fingerprint density at radius 1 is 1.44 bits per heavy atom. The van der Waals surface area contributed by atoms with Gasteiger partial charge in [-0.1, -0.05) is 0 Å². The Morgan fingerprint density at radius 3 is 2.69 bits per heavy atom. The second kappa shape index (κ2) is 6.15. The van der Waals surface area contributed by atoms with Gasteiger partial charge in [-0.2, -0.15) is 0 Å². The van der Waals surface area contributed by atoms with Crippen LogP contribution < -0.4 is 5.32 Å². The molecule has 0 saturated carbocycles. The fourth-order valence-corrected chi connectivity index (χ4v) is 1.65. The Hall–Kier alpha value is -0.680. The summed E-state index contributed by atoms with van der Waals surface area (Å²) >= 11 is 3.48. The van der Waals surface area contributed by atoms with Crippen LogP contribution in [-0.2, 0) is 11.2 Å². The standard InChI is InChI=1S/C11H18BrN3O/c1-5-13-11-10(12)8(3)14-9(15-11)6-7(2)16-4/h7H,5-6H2,1-4H3,(H,13,14,15). The van der Waals surface area contributed by atoms with Crippen LogP contribution in [-0.4, -0.2) is 29.7 Å². The van der Waals surface area contributed by atoms with Crippen molar-refractivity contribution in [2.75, 3.05) is 19.0 Å². The molecular formula is C11H18BrN3O. The largest absolute Gasteiger partial charge is 0.381 e. The number of nitrogens with one attached hydrogen (secondary N) is 1. The van der Waals surface area contributed by atoms with E-state index in [-0.39, 0.29) is 6.10 Å². The molecule has 16 heavy (non-hydrogen) atoms. The average Bonchev–Trinajstić information content (AvgIpc) is 2.25. The van der Waals surface area contributed by atoms with Gasteiger partial charge in [-0.25, -0.2) is 9.97 Å². The summed E-state index contributed by atoms with van der Waals surface area (Å²) in [5.74, 6) is 1.67. The average molecular weight is 288 g/mol. The molecule has 1 unspecified atom stereocenters. The van der Waals surface area contributed by atoms with Crippen molar-refractivity contribution in [3.8, 4) is 0 Å². The van der Waals surface area contributed by atoms with Gasteiger partial charge in [0.2, 0.25) is 0 Å². The molecule has 1 rings (SSSR count). The predicted octanol–water partition coefficient (Wildman–Crippen LogP) is 2.56. The summed E-state index contributed by atoms with van der Waals surface area (Å²) in [6, 6.07) is 0. The van der Waals surface area contributed by atoms with Crippen molar-refractivity contribution in [1.29, 1.82) is 0 Å². The molecular weight excluding hydrogens is 270 g/mol. The molecule has 0 bridgehead atoms. The number of ether oxygens (including phenoxy) is 1. The van der Waals surface area contributed by atoms with E-state index in [9.17, 15) is 0 Å². The molecule has 1 heterocycles. The third-order valence-electron chi connectivity index (χ3n) is 2.28. The first-order valence-electron chi connectivity index (χ1n) is 5.38. The van der Waals surface area contributed by atoms with Gasteiger partial charge in [-0.05, 0) is 36.7 Å². The van der Waals surface area contributed by atoms with Gasteiger partial charge in [-0.15, -0.1) is 0 Å². The first-order valence-corrected chi connectivity index (χ1v) is 6.17. The summed E-state index contributed by atoms with van der Waals surface area (Å²) in [6.45, 7) is 6.86. The van der Waals surface area contributed by atoms with Crippen LogP contribution in [0.25, 0.3) is 0 Å². The van der Waals surface area contributed by atoms with E-state index < -0.39 is 0 Å². The lowest BCUT2D eigenvalue weighted by Crippen LogP contribution is -2.13. The van der Waals surface area contributed by atoms with Gasteiger partial charge in [-0.3, -0.25) is 0 Å². The number of aryl methyl sites for hydroxylation is 1. The zero-order valence-corrected chi connectivity index (χ0v) is 11.8. The number of aromatic nitrogens is 2. The third kappa shape index (κ3) is 3.42. The highest BCUT2D eigenvalue weighted by atomic mass is 79.9. The summed E-state index contributed by atoms with van der Waals surface area (Å²) in [5.41, 5.74) is 0.948. The molecule has 0 fully saturated rings. The molecule has 0 aliphatic rings. The van der Waals surface area contributed by atoms with Crippen LogP contribution in [0.3, 0.4) is 0 Å². The number of halogens is 1. The Bertz CT molecular complexity index is 357. The van der Waals surface area contributed by atoms with E-state index in [0.717, 1.165) is 34.8 Å². The van der Waals surface area contributed by atoms with E-state index in [1.54, 1.807) is 7.11 Å². The molecule has 90 valence electrons. The van der Waals surface area contributed by atoms with Crippen molar-refractivity contribution < 1.29 is 4.74 Å². The summed E-state index contributed by atoms with van der Waals surface area (Å²) in [7, 11) is 1.70. The van der Waals surface area contributed by atoms with Crippen molar-refractivity contribution in [1.82, 2.24) is 9.97 Å². The van der Waals surface area contributed by atoms with Gasteiger partial charge >= 0.3 is 0 Å². The van der Waals surface area contributed by atoms with Crippen molar-refractivity contribution in [3.05, 3.63) is 16.0 Å². The van der Waals surface area contributed by atoms with Gasteiger partial charge in [0.15, 0.2) is 0 Å². The monoisotopic (exact) mass is 287 g/mol. The summed E-state index contributed by atoms with van der Waals surface area (Å²) in [5, 5.41) is 3.21. The topological polar surface area (TPSA) is 47.0 Å². The minimum Gasteiger partial charge on any atom is -0.381 e. The minimum atomic E-state index is 0.134. The molecule has 0 radical (unpaired) electrons. The molecule has 0 saturated heterocycles. The van der Waals surface area contributed by atoms with Gasteiger partial charge in [0.05, 0.1) is 16.3 Å². The van der Waals surface area contributed by atoms with Crippen LogP contribution in [0.4, 0.5) is 5.82 Å². The Morgan fingerprint density at radius 2 is 2.12 bits per heavy atom. The molecule has 1 aromatic heterocycles. The van der Waals surface area contributed by atoms with E-state index in [1.807, 2.05) is 20.8 Å². The van der Waals surface area contributed by atoms with Crippen molar-refractivity contribution in [2.24, 2.45) is 0 Å². The van der Waals surface area contributed by atoms with Crippen molar-refractivity contribution >= 4 is 21.7 Å². The zero-order valence-electron chi connectivity index (χ0n) is 10.2. The van der Waals surface area contributed by atoms with Crippen molar-refractivity contribution in [2.45, 2.75) is 33.3 Å². The van der Waals surface area contributed by atoms with E-state index in [0.29, 0.717) is 0 Å². The van der Waals surface area contributed by atoms with Crippen molar-refractivity contribution in [3.63, 3.8) is 0 Å². The maximum atomic E-state index is 5.21. The van der Waals surface area contributed by atoms with Gasteiger partial charge in [0, 0.05) is 20.1 Å². The lowest BCUT2D eigenvalue weighted by atomic mass is 10.2. The summed E-state index contributed by atoms with van der Waals surface area (Å²) < 4.78 is 6.15. The molecule has 0 aliphatic carbocycles. The minimum absolute atomic E-state index is 0.134. The van der Waals surface area contributed by atoms with E-state index in [2.05, 4.69) is 31.2 Å². The van der Waals surface area contributed by atoms with E-state index >= 15 is 0 Å². The van der Waals surface area contributed by atoms with Gasteiger partial charge in [0.25, 0.3) is 0 Å². The lowest BCUT2D eigenvalue weighted by molar-refractivity contribution is 0.117. The highest BCUT2D eigenvalue weighted by Crippen LogP contribution is 2.23. The van der Waals surface area contributed by atoms with Crippen LogP contribution in [0, 0.1) is 6.92 Å². The number of anilines is 1. The normalized spacial score (nSPS) is 12.6. The molecule has 1 N–H and O–H groups in total. The third-order valence-corrected chi connectivity index (χ3v) is 3.23. The molecule has 0 amide bonds. The number of rotatable bonds is 5. The molecule has 1 aromatic rings. The zero-order chi connectivity index (χ0) is 12.1. The first kappa shape index (κ1) is 13.4. The quantitative estimate of drug-likeness (QED) is 0.904. The molecule has 4 nitrogen and oxygen atoms in total. The van der Waals surface area contributed by atoms with E-state index in [4.69, 9.17) is 4.74 Å². The fraction of sp³-hybridized carbons (Fsp3) is 0.636. The SMILES string of the molecule is CCNc1nc(CC(C)OC)nc(C)c1Br. The molecule has 1 atom stereocenters. The maximum absolute atomic E-state index is 5.21. The van der Waals surface area contributed by atoms with Crippen LogP contribution in [0.15, 0.2) is 4.47 Å². The molecule has 5 heteroatoms. The second-order valence-corrected chi connectivity index (χ2v) is 4.46. The lowest BCUT2D eigenvalue weighted by Gasteiger charge is -2.12. The number of methoxy groups -OCH3 is 1. The fourth-order valence-electron chi connectivity index (χ4n) is 1.33. The van der Waals surface area contributed by atoms with E-state index in [1.165, 1.54) is 0 Å². The summed E-state index contributed by atoms with van der Waals surface area (Å²) in [6.07, 6.45) is 0.860. The highest BCUT2D eigenvalue weighted by Gasteiger charge is 2.11. The number of hydrogen-bond acceptors (Lipinski definition) is 4. The summed E-state index contributed by atoms with van der Waals surface area (Å²) in [4.78, 5) is 8.89. The first-order chi connectivity index (χ1) is 7.58. The Labute approximate surface area is 105 Å². The van der Waals surface area contributed by atoms with Crippen LogP contribution >= 0.6 is 15.9 Å². The van der Waals surface area contributed by atoms with Gasteiger partial charge in [0.1, 0.15) is 11.6 Å². The maximum Gasteiger partial charge on any atom is 0.144 e. The molecule has 0 aromatic carbocycles. The Kier molecular flexibility index (Phi) is 5.15. The highest BCUT2D eigenvalue weighted by molar-refractivity contribution is 9.10. The Balaban J connectivity index is 2.94.